The average molecular weight is 261 g/mol. The first kappa shape index (κ1) is 17.4. The molecule has 1 amide bonds. The maximum atomic E-state index is 11.3. The zero-order valence-electron chi connectivity index (χ0n) is 11.6. The molecular formula is C13H27NO4. The van der Waals surface area contributed by atoms with Crippen LogP contribution < -0.4 is 5.32 Å². The predicted octanol–water partition coefficient (Wildman–Crippen LogP) is 0.954. The number of carbonyl (C=O) groups excluding carboxylic acids is 1. The highest BCUT2D eigenvalue weighted by atomic mass is 16.5. The Kier molecular flexibility index (Phi) is 12.3. The van der Waals surface area contributed by atoms with Crippen molar-refractivity contribution in [3.8, 4) is 0 Å². The molecule has 5 heteroatoms. The normalized spacial score (nSPS) is 12.4. The lowest BCUT2D eigenvalue weighted by molar-refractivity contribution is -0.126. The quantitative estimate of drug-likeness (QED) is 0.513. The monoisotopic (exact) mass is 261 g/mol. The minimum Gasteiger partial charge on any atom is -0.396 e. The Bertz CT molecular complexity index is 199. The standard InChI is InChI=1S/C13H27NO4/c1-3-8-17-9-10-18-11-13(16)14-6-4-12(2)5-7-15/h12,15H,3-11H2,1-2H3,(H,14,16). The molecule has 0 aliphatic rings. The topological polar surface area (TPSA) is 67.8 Å². The van der Waals surface area contributed by atoms with Crippen LogP contribution in [0.1, 0.15) is 33.1 Å². The van der Waals surface area contributed by atoms with Gasteiger partial charge in [-0.15, -0.1) is 0 Å². The number of nitrogens with one attached hydrogen (secondary N) is 1. The summed E-state index contributed by atoms with van der Waals surface area (Å²) in [5, 5.41) is 11.5. The molecule has 0 bridgehead atoms. The second-order valence-corrected chi connectivity index (χ2v) is 4.42. The van der Waals surface area contributed by atoms with E-state index < -0.39 is 0 Å². The van der Waals surface area contributed by atoms with Crippen LogP contribution in [-0.4, -0.2) is 50.6 Å². The number of ether oxygens (including phenoxy) is 2. The van der Waals surface area contributed by atoms with Crippen molar-refractivity contribution >= 4 is 5.91 Å². The zero-order valence-corrected chi connectivity index (χ0v) is 11.6. The van der Waals surface area contributed by atoms with Crippen molar-refractivity contribution in [1.82, 2.24) is 5.32 Å². The molecule has 0 heterocycles. The molecule has 0 radical (unpaired) electrons. The van der Waals surface area contributed by atoms with Crippen LogP contribution in [0.25, 0.3) is 0 Å². The first-order valence-corrected chi connectivity index (χ1v) is 6.73. The van der Waals surface area contributed by atoms with E-state index in [9.17, 15) is 4.79 Å². The second kappa shape index (κ2) is 12.8. The molecule has 1 unspecified atom stereocenters. The maximum Gasteiger partial charge on any atom is 0.245 e. The summed E-state index contributed by atoms with van der Waals surface area (Å²) < 4.78 is 10.4. The molecule has 2 N–H and O–H groups in total. The number of hydrogen-bond donors (Lipinski definition) is 2. The Morgan fingerprint density at radius 2 is 1.94 bits per heavy atom. The van der Waals surface area contributed by atoms with E-state index in [1.807, 2.05) is 6.92 Å². The molecule has 0 rings (SSSR count). The number of rotatable bonds is 12. The lowest BCUT2D eigenvalue weighted by Crippen LogP contribution is -2.29. The van der Waals surface area contributed by atoms with Gasteiger partial charge in [0, 0.05) is 19.8 Å². The third-order valence-electron chi connectivity index (χ3n) is 2.53. The van der Waals surface area contributed by atoms with Crippen LogP contribution in [-0.2, 0) is 14.3 Å². The van der Waals surface area contributed by atoms with Gasteiger partial charge in [-0.1, -0.05) is 13.8 Å². The van der Waals surface area contributed by atoms with Crippen molar-refractivity contribution in [3.63, 3.8) is 0 Å². The first-order chi connectivity index (χ1) is 8.70. The Hall–Kier alpha value is -0.650. The SMILES string of the molecule is CCCOCCOCC(=O)NCCC(C)CCO. The van der Waals surface area contributed by atoms with Gasteiger partial charge in [-0.05, 0) is 25.2 Å². The summed E-state index contributed by atoms with van der Waals surface area (Å²) in [6.45, 7) is 6.76. The van der Waals surface area contributed by atoms with Gasteiger partial charge >= 0.3 is 0 Å². The highest BCUT2D eigenvalue weighted by Crippen LogP contribution is 2.04. The van der Waals surface area contributed by atoms with Gasteiger partial charge < -0.3 is 19.9 Å². The Morgan fingerprint density at radius 3 is 2.61 bits per heavy atom. The van der Waals surface area contributed by atoms with E-state index in [2.05, 4.69) is 12.2 Å². The molecule has 0 fully saturated rings. The smallest absolute Gasteiger partial charge is 0.245 e. The molecule has 0 aromatic rings. The summed E-state index contributed by atoms with van der Waals surface area (Å²) in [5.41, 5.74) is 0. The van der Waals surface area contributed by atoms with Crippen molar-refractivity contribution in [3.05, 3.63) is 0 Å². The molecule has 0 spiro atoms. The number of carbonyl (C=O) groups is 1. The second-order valence-electron chi connectivity index (χ2n) is 4.42. The van der Waals surface area contributed by atoms with Gasteiger partial charge in [0.05, 0.1) is 13.2 Å². The van der Waals surface area contributed by atoms with Crippen LogP contribution in [0.15, 0.2) is 0 Å². The number of aliphatic hydroxyl groups excluding tert-OH is 1. The molecule has 0 aromatic carbocycles. The highest BCUT2D eigenvalue weighted by molar-refractivity contribution is 5.77. The first-order valence-electron chi connectivity index (χ1n) is 6.73. The van der Waals surface area contributed by atoms with Crippen LogP contribution >= 0.6 is 0 Å². The molecule has 0 aliphatic heterocycles. The number of hydrogen-bond acceptors (Lipinski definition) is 4. The molecule has 1 atom stereocenters. The number of amides is 1. The van der Waals surface area contributed by atoms with Crippen molar-refractivity contribution in [2.45, 2.75) is 33.1 Å². The summed E-state index contributed by atoms with van der Waals surface area (Å²) in [6, 6.07) is 0. The Labute approximate surface area is 110 Å². The highest BCUT2D eigenvalue weighted by Gasteiger charge is 2.04. The van der Waals surface area contributed by atoms with Gasteiger partial charge in [0.25, 0.3) is 0 Å². The van der Waals surface area contributed by atoms with Crippen LogP contribution in [0.2, 0.25) is 0 Å². The van der Waals surface area contributed by atoms with E-state index in [1.54, 1.807) is 0 Å². The van der Waals surface area contributed by atoms with Gasteiger partial charge in [-0.25, -0.2) is 0 Å². The average Bonchev–Trinajstić information content (AvgIpc) is 2.34. The molecule has 0 saturated carbocycles. The van der Waals surface area contributed by atoms with Gasteiger partial charge in [0.15, 0.2) is 0 Å². The fourth-order valence-corrected chi connectivity index (χ4v) is 1.40. The Morgan fingerprint density at radius 1 is 1.22 bits per heavy atom. The third-order valence-corrected chi connectivity index (χ3v) is 2.53. The van der Waals surface area contributed by atoms with Gasteiger partial charge in [-0.2, -0.15) is 0 Å². The zero-order chi connectivity index (χ0) is 13.6. The van der Waals surface area contributed by atoms with Gasteiger partial charge in [0.2, 0.25) is 5.91 Å². The fourth-order valence-electron chi connectivity index (χ4n) is 1.40. The largest absolute Gasteiger partial charge is 0.396 e. The van der Waals surface area contributed by atoms with Crippen molar-refractivity contribution < 1.29 is 19.4 Å². The summed E-state index contributed by atoms with van der Waals surface area (Å²) in [4.78, 5) is 11.3. The van der Waals surface area contributed by atoms with E-state index in [-0.39, 0.29) is 19.1 Å². The Balaban J connectivity index is 3.27. The minimum absolute atomic E-state index is 0.0872. The molecule has 18 heavy (non-hydrogen) atoms. The molecule has 5 nitrogen and oxygen atoms in total. The number of aliphatic hydroxyl groups is 1. The van der Waals surface area contributed by atoms with Crippen LogP contribution in [0.5, 0.6) is 0 Å². The lowest BCUT2D eigenvalue weighted by Gasteiger charge is -2.10. The maximum absolute atomic E-state index is 11.3. The lowest BCUT2D eigenvalue weighted by atomic mass is 10.1. The van der Waals surface area contributed by atoms with Gasteiger partial charge in [0.1, 0.15) is 6.61 Å². The van der Waals surface area contributed by atoms with Crippen LogP contribution in [0.3, 0.4) is 0 Å². The van der Waals surface area contributed by atoms with Crippen molar-refractivity contribution in [1.29, 1.82) is 0 Å². The van der Waals surface area contributed by atoms with Crippen molar-refractivity contribution in [2.24, 2.45) is 5.92 Å². The summed E-state index contributed by atoms with van der Waals surface area (Å²) in [5.74, 6) is 0.334. The summed E-state index contributed by atoms with van der Waals surface area (Å²) in [6.07, 6.45) is 2.65. The molecule has 108 valence electrons. The van der Waals surface area contributed by atoms with E-state index in [0.717, 1.165) is 25.9 Å². The molecule has 0 aliphatic carbocycles. The van der Waals surface area contributed by atoms with E-state index in [0.29, 0.717) is 25.7 Å². The fraction of sp³-hybridized carbons (Fsp3) is 0.923. The van der Waals surface area contributed by atoms with Crippen LogP contribution in [0.4, 0.5) is 0 Å². The minimum atomic E-state index is -0.0957. The van der Waals surface area contributed by atoms with Crippen LogP contribution in [0, 0.1) is 5.92 Å². The predicted molar refractivity (Wildman–Crippen MR) is 70.4 cm³/mol. The molecular weight excluding hydrogens is 234 g/mol. The molecule has 0 saturated heterocycles. The van der Waals surface area contributed by atoms with E-state index in [4.69, 9.17) is 14.6 Å². The summed E-state index contributed by atoms with van der Waals surface area (Å²) >= 11 is 0. The summed E-state index contributed by atoms with van der Waals surface area (Å²) in [7, 11) is 0. The third kappa shape index (κ3) is 11.8. The van der Waals surface area contributed by atoms with E-state index in [1.165, 1.54) is 0 Å². The van der Waals surface area contributed by atoms with E-state index >= 15 is 0 Å². The van der Waals surface area contributed by atoms with Crippen molar-refractivity contribution in [2.75, 3.05) is 39.6 Å². The van der Waals surface area contributed by atoms with Gasteiger partial charge in [-0.3, -0.25) is 4.79 Å². The molecule has 0 aromatic heterocycles.